The minimum Gasteiger partial charge on any atom is -0.368 e. The van der Waals surface area contributed by atoms with Gasteiger partial charge in [-0.15, -0.1) is 0 Å². The molecule has 17 heavy (non-hydrogen) atoms. The van der Waals surface area contributed by atoms with E-state index in [9.17, 15) is 0 Å². The predicted molar refractivity (Wildman–Crippen MR) is 69.0 cm³/mol. The van der Waals surface area contributed by atoms with Crippen LogP contribution >= 0.6 is 11.6 Å². The van der Waals surface area contributed by atoms with Gasteiger partial charge in [0.05, 0.1) is 0 Å². The zero-order valence-electron chi connectivity index (χ0n) is 9.51. The largest absolute Gasteiger partial charge is 0.368 e. The number of nitrogen functional groups attached to an aromatic ring is 1. The summed E-state index contributed by atoms with van der Waals surface area (Å²) in [5.74, 6) is 2.60. The van der Waals surface area contributed by atoms with Crippen LogP contribution in [0, 0.1) is 11.8 Å². The Kier molecular flexibility index (Phi) is 2.67. The number of hydrogen-bond donors (Lipinski definition) is 1. The van der Waals surface area contributed by atoms with Crippen molar-refractivity contribution in [3.8, 4) is 0 Å². The fraction of sp³-hybridized carbons (Fsp3) is 0.500. The number of halogens is 1. The Bertz CT molecular complexity index is 424. The van der Waals surface area contributed by atoms with Gasteiger partial charge in [0.15, 0.2) is 0 Å². The van der Waals surface area contributed by atoms with Gasteiger partial charge in [-0.1, -0.05) is 23.8 Å². The molecule has 0 spiro atoms. The van der Waals surface area contributed by atoms with Gasteiger partial charge < -0.3 is 10.6 Å². The van der Waals surface area contributed by atoms with E-state index in [0.717, 1.165) is 30.7 Å². The molecular formula is C12H15ClN4. The molecule has 2 heterocycles. The van der Waals surface area contributed by atoms with Crippen molar-refractivity contribution in [1.29, 1.82) is 0 Å². The molecule has 2 aliphatic rings. The topological polar surface area (TPSA) is 55.0 Å². The molecule has 1 saturated heterocycles. The first-order valence-corrected chi connectivity index (χ1v) is 6.30. The van der Waals surface area contributed by atoms with E-state index < -0.39 is 0 Å². The monoisotopic (exact) mass is 250 g/mol. The fourth-order valence-corrected chi connectivity index (χ4v) is 2.97. The van der Waals surface area contributed by atoms with E-state index >= 15 is 0 Å². The highest BCUT2D eigenvalue weighted by molar-refractivity contribution is 6.29. The fourth-order valence-electron chi connectivity index (χ4n) is 2.79. The number of rotatable bonds is 1. The van der Waals surface area contributed by atoms with Gasteiger partial charge in [-0.2, -0.15) is 4.98 Å². The smallest absolute Gasteiger partial charge is 0.223 e. The van der Waals surface area contributed by atoms with Crippen LogP contribution in [0.2, 0.25) is 5.15 Å². The van der Waals surface area contributed by atoms with Crippen molar-refractivity contribution < 1.29 is 0 Å². The lowest BCUT2D eigenvalue weighted by atomic mass is 9.86. The van der Waals surface area contributed by atoms with Gasteiger partial charge in [-0.05, 0) is 24.7 Å². The molecule has 4 nitrogen and oxygen atoms in total. The summed E-state index contributed by atoms with van der Waals surface area (Å²) in [6.45, 7) is 2.09. The summed E-state index contributed by atoms with van der Waals surface area (Å²) in [6.07, 6.45) is 6.92. The maximum atomic E-state index is 5.91. The number of anilines is 2. The molecule has 1 aliphatic heterocycles. The van der Waals surface area contributed by atoms with Gasteiger partial charge in [-0.25, -0.2) is 4.98 Å². The van der Waals surface area contributed by atoms with E-state index in [1.807, 2.05) is 0 Å². The van der Waals surface area contributed by atoms with E-state index in [1.165, 1.54) is 12.8 Å². The molecule has 2 atom stereocenters. The number of allylic oxidation sites excluding steroid dienone is 2. The van der Waals surface area contributed by atoms with Crippen LogP contribution in [0.15, 0.2) is 18.2 Å². The first-order chi connectivity index (χ1) is 8.22. The molecule has 90 valence electrons. The molecular weight excluding hydrogens is 236 g/mol. The van der Waals surface area contributed by atoms with Gasteiger partial charge in [0.25, 0.3) is 0 Å². The molecule has 2 unspecified atom stereocenters. The molecule has 0 bridgehead atoms. The Labute approximate surface area is 105 Å². The third-order valence-corrected chi connectivity index (χ3v) is 3.84. The van der Waals surface area contributed by atoms with Crippen LogP contribution in [-0.2, 0) is 0 Å². The molecule has 2 N–H and O–H groups in total. The van der Waals surface area contributed by atoms with Crippen molar-refractivity contribution in [1.82, 2.24) is 9.97 Å². The van der Waals surface area contributed by atoms with E-state index in [4.69, 9.17) is 17.3 Å². The highest BCUT2D eigenvalue weighted by Crippen LogP contribution is 2.35. The quantitative estimate of drug-likeness (QED) is 0.613. The second-order valence-corrected chi connectivity index (χ2v) is 5.16. The summed E-state index contributed by atoms with van der Waals surface area (Å²) in [7, 11) is 0. The molecule has 5 heteroatoms. The molecule has 1 fully saturated rings. The summed E-state index contributed by atoms with van der Waals surface area (Å²) in [4.78, 5) is 10.4. The Balaban J connectivity index is 1.82. The van der Waals surface area contributed by atoms with E-state index in [2.05, 4.69) is 27.0 Å². The maximum absolute atomic E-state index is 5.91. The Morgan fingerprint density at radius 2 is 1.82 bits per heavy atom. The molecule has 0 amide bonds. The number of nitrogens with zero attached hydrogens (tertiary/aromatic N) is 3. The van der Waals surface area contributed by atoms with E-state index in [0.29, 0.717) is 5.15 Å². The van der Waals surface area contributed by atoms with Crippen molar-refractivity contribution in [2.45, 2.75) is 12.8 Å². The van der Waals surface area contributed by atoms with Crippen LogP contribution in [0.5, 0.6) is 0 Å². The van der Waals surface area contributed by atoms with Crippen LogP contribution in [0.4, 0.5) is 11.8 Å². The summed E-state index contributed by atoms with van der Waals surface area (Å²) >= 11 is 5.91. The standard InChI is InChI=1S/C12H15ClN4/c13-10-5-11(16-12(14)15-10)17-6-8-3-1-2-4-9(8)7-17/h1-2,5,8-9H,3-4,6-7H2,(H2,14,15,16). The van der Waals surface area contributed by atoms with Crippen molar-refractivity contribution in [3.05, 3.63) is 23.4 Å². The highest BCUT2D eigenvalue weighted by Gasteiger charge is 2.33. The number of nitrogens with two attached hydrogens (primary N) is 1. The van der Waals surface area contributed by atoms with Crippen LogP contribution in [0.3, 0.4) is 0 Å². The van der Waals surface area contributed by atoms with Gasteiger partial charge in [0.2, 0.25) is 5.95 Å². The first-order valence-electron chi connectivity index (χ1n) is 5.92. The van der Waals surface area contributed by atoms with Gasteiger partial charge >= 0.3 is 0 Å². The minimum atomic E-state index is 0.250. The Hall–Kier alpha value is -1.29. The summed E-state index contributed by atoms with van der Waals surface area (Å²) in [5.41, 5.74) is 5.63. The summed E-state index contributed by atoms with van der Waals surface area (Å²) in [5, 5.41) is 0.417. The van der Waals surface area contributed by atoms with E-state index in [-0.39, 0.29) is 5.95 Å². The number of hydrogen-bond acceptors (Lipinski definition) is 4. The van der Waals surface area contributed by atoms with Crippen molar-refractivity contribution in [2.75, 3.05) is 23.7 Å². The minimum absolute atomic E-state index is 0.250. The van der Waals surface area contributed by atoms with Gasteiger partial charge in [-0.3, -0.25) is 0 Å². The zero-order chi connectivity index (χ0) is 11.8. The van der Waals surface area contributed by atoms with Gasteiger partial charge in [0.1, 0.15) is 11.0 Å². The third kappa shape index (κ3) is 2.09. The van der Waals surface area contributed by atoms with Crippen LogP contribution in [0.25, 0.3) is 0 Å². The molecule has 0 radical (unpaired) electrons. The van der Waals surface area contributed by atoms with Crippen LogP contribution in [0.1, 0.15) is 12.8 Å². The lowest BCUT2D eigenvalue weighted by molar-refractivity contribution is 0.411. The normalized spacial score (nSPS) is 27.2. The SMILES string of the molecule is Nc1nc(Cl)cc(N2CC3CC=CCC3C2)n1. The molecule has 1 aromatic rings. The zero-order valence-corrected chi connectivity index (χ0v) is 10.3. The van der Waals surface area contributed by atoms with Crippen LogP contribution < -0.4 is 10.6 Å². The van der Waals surface area contributed by atoms with Crippen molar-refractivity contribution in [2.24, 2.45) is 11.8 Å². The molecule has 1 aromatic heterocycles. The third-order valence-electron chi connectivity index (χ3n) is 3.64. The lowest BCUT2D eigenvalue weighted by Gasteiger charge is -2.17. The molecule has 0 aromatic carbocycles. The number of fused-ring (bicyclic) bond motifs is 1. The molecule has 0 saturated carbocycles. The van der Waals surface area contributed by atoms with Gasteiger partial charge in [0, 0.05) is 19.2 Å². The second-order valence-electron chi connectivity index (χ2n) is 4.78. The lowest BCUT2D eigenvalue weighted by Crippen LogP contribution is -2.21. The Morgan fingerprint density at radius 1 is 1.18 bits per heavy atom. The summed E-state index contributed by atoms with van der Waals surface area (Å²) < 4.78 is 0. The average Bonchev–Trinajstić information content (AvgIpc) is 2.71. The highest BCUT2D eigenvalue weighted by atomic mass is 35.5. The van der Waals surface area contributed by atoms with Crippen molar-refractivity contribution >= 4 is 23.4 Å². The molecule has 3 rings (SSSR count). The molecule has 1 aliphatic carbocycles. The van der Waals surface area contributed by atoms with E-state index in [1.54, 1.807) is 6.07 Å². The average molecular weight is 251 g/mol. The summed E-state index contributed by atoms with van der Waals surface area (Å²) in [6, 6.07) is 1.79. The number of aromatic nitrogens is 2. The Morgan fingerprint density at radius 3 is 2.41 bits per heavy atom. The predicted octanol–water partition coefficient (Wildman–Crippen LogP) is 2.11. The second kappa shape index (κ2) is 4.18. The first kappa shape index (κ1) is 10.8. The maximum Gasteiger partial charge on any atom is 0.223 e. The van der Waals surface area contributed by atoms with Crippen molar-refractivity contribution in [3.63, 3.8) is 0 Å². The van der Waals surface area contributed by atoms with Crippen LogP contribution in [-0.4, -0.2) is 23.1 Å².